The molecule has 0 aliphatic heterocycles. The molecule has 0 saturated heterocycles. The molecule has 27 heavy (non-hydrogen) atoms. The van der Waals surface area contributed by atoms with Gasteiger partial charge in [-0.05, 0) is 36.8 Å². The Morgan fingerprint density at radius 3 is 1.74 bits per heavy atom. The second-order valence-electron chi connectivity index (χ2n) is 5.27. The molecule has 0 bridgehead atoms. The number of aliphatic hydroxyl groups is 1. The van der Waals surface area contributed by atoms with Gasteiger partial charge in [0.25, 0.3) is 0 Å². The summed E-state index contributed by atoms with van der Waals surface area (Å²) >= 11 is 10.7. The van der Waals surface area contributed by atoms with E-state index < -0.39 is 34.6 Å². The van der Waals surface area contributed by atoms with Gasteiger partial charge in [-0.3, -0.25) is 4.79 Å². The number of carbonyl (C=O) groups is 1. The number of hydrogen-bond acceptors (Lipinski definition) is 2. The van der Waals surface area contributed by atoms with E-state index in [1.54, 1.807) is 0 Å². The smallest absolute Gasteiger partial charge is 0.389 e. The van der Waals surface area contributed by atoms with Gasteiger partial charge in [-0.2, -0.15) is 26.3 Å². The predicted molar refractivity (Wildman–Crippen MR) is 88.9 cm³/mol. The summed E-state index contributed by atoms with van der Waals surface area (Å²) in [5.41, 5.74) is -1.75. The van der Waals surface area contributed by atoms with Gasteiger partial charge in [0.15, 0.2) is 0 Å². The number of hydrogen-bond donors (Lipinski definition) is 1. The van der Waals surface area contributed by atoms with Crippen LogP contribution in [0.1, 0.15) is 40.1 Å². The van der Waals surface area contributed by atoms with Crippen molar-refractivity contribution in [1.82, 2.24) is 0 Å². The fraction of sp³-hybridized carbons (Fsp3) is 0.235. The van der Waals surface area contributed by atoms with Gasteiger partial charge in [0.05, 0.1) is 27.3 Å². The summed E-state index contributed by atoms with van der Waals surface area (Å²) in [6, 6.07) is 6.34. The fourth-order valence-electron chi connectivity index (χ4n) is 1.85. The molecule has 0 heterocycles. The van der Waals surface area contributed by atoms with E-state index in [0.717, 1.165) is 24.3 Å². The van der Waals surface area contributed by atoms with Crippen LogP contribution in [0, 0.1) is 0 Å². The lowest BCUT2D eigenvalue weighted by molar-refractivity contribution is -0.138. The summed E-state index contributed by atoms with van der Waals surface area (Å²) in [4.78, 5) is 10.2. The molecule has 0 aliphatic carbocycles. The first-order valence-electron chi connectivity index (χ1n) is 7.14. The lowest BCUT2D eigenvalue weighted by atomic mass is 10.1. The fourth-order valence-corrected chi connectivity index (χ4v) is 2.30. The highest BCUT2D eigenvalue weighted by Crippen LogP contribution is 2.36. The zero-order chi connectivity index (χ0) is 21.0. The number of aliphatic hydroxyl groups excluding tert-OH is 1. The quantitative estimate of drug-likeness (QED) is 0.429. The minimum atomic E-state index is -4.52. The van der Waals surface area contributed by atoms with E-state index in [-0.39, 0.29) is 16.1 Å². The standard InChI is InChI=1S/C9H8ClF3O.C8H4ClF3O/c1-5(14)6-2-3-8(10)7(4-6)9(11,12)13;9-7-2-1-5(4-13)3-6(7)8(10,11)12/h2-5,14H,1H3;1-4H. The number of halogens is 8. The van der Waals surface area contributed by atoms with E-state index in [9.17, 15) is 31.1 Å². The minimum absolute atomic E-state index is 0.0447. The normalized spacial score (nSPS) is 12.8. The van der Waals surface area contributed by atoms with E-state index in [1.165, 1.54) is 19.1 Å². The Morgan fingerprint density at radius 2 is 1.33 bits per heavy atom. The van der Waals surface area contributed by atoms with E-state index in [4.69, 9.17) is 28.3 Å². The molecule has 1 atom stereocenters. The van der Waals surface area contributed by atoms with E-state index in [2.05, 4.69) is 0 Å². The van der Waals surface area contributed by atoms with Crippen LogP contribution in [0.3, 0.4) is 0 Å². The van der Waals surface area contributed by atoms with Crippen molar-refractivity contribution in [2.45, 2.75) is 25.4 Å². The van der Waals surface area contributed by atoms with Gasteiger partial charge in [-0.25, -0.2) is 0 Å². The third kappa shape index (κ3) is 6.71. The first kappa shape index (κ1) is 23.3. The molecule has 0 fully saturated rings. The van der Waals surface area contributed by atoms with Crippen LogP contribution in [0.15, 0.2) is 36.4 Å². The maximum absolute atomic E-state index is 12.3. The number of benzene rings is 2. The van der Waals surface area contributed by atoms with Crippen molar-refractivity contribution in [3.63, 3.8) is 0 Å². The Labute approximate surface area is 160 Å². The van der Waals surface area contributed by atoms with Crippen molar-refractivity contribution < 1.29 is 36.2 Å². The highest BCUT2D eigenvalue weighted by Gasteiger charge is 2.34. The van der Waals surface area contributed by atoms with Crippen LogP contribution in [-0.2, 0) is 12.4 Å². The Hall–Kier alpha value is -1.77. The average Bonchev–Trinajstić information content (AvgIpc) is 2.54. The van der Waals surface area contributed by atoms with Crippen molar-refractivity contribution in [1.29, 1.82) is 0 Å². The monoisotopic (exact) mass is 432 g/mol. The Kier molecular flexibility index (Phi) is 7.71. The zero-order valence-electron chi connectivity index (χ0n) is 13.5. The lowest BCUT2D eigenvalue weighted by Gasteiger charge is -2.12. The first-order valence-corrected chi connectivity index (χ1v) is 7.89. The third-order valence-electron chi connectivity index (χ3n) is 3.21. The molecule has 0 saturated carbocycles. The summed E-state index contributed by atoms with van der Waals surface area (Å²) in [7, 11) is 0. The van der Waals surface area contributed by atoms with Crippen molar-refractivity contribution in [3.05, 3.63) is 68.7 Å². The molecule has 0 amide bonds. The topological polar surface area (TPSA) is 37.3 Å². The minimum Gasteiger partial charge on any atom is -0.389 e. The molecule has 1 N–H and O–H groups in total. The molecular formula is C17H12Cl2F6O2. The molecule has 1 unspecified atom stereocenters. The number of rotatable bonds is 2. The highest BCUT2D eigenvalue weighted by atomic mass is 35.5. The number of carbonyl (C=O) groups excluding carboxylic acids is 1. The molecule has 2 aromatic carbocycles. The van der Waals surface area contributed by atoms with Crippen LogP contribution in [-0.4, -0.2) is 11.4 Å². The molecule has 0 aromatic heterocycles. The van der Waals surface area contributed by atoms with E-state index in [0.29, 0.717) is 6.29 Å². The average molecular weight is 433 g/mol. The summed E-state index contributed by atoms with van der Waals surface area (Å²) in [5, 5.41) is 8.33. The molecule has 10 heteroatoms. The zero-order valence-corrected chi connectivity index (χ0v) is 15.0. The predicted octanol–water partition coefficient (Wildman–Crippen LogP) is 6.58. The van der Waals surface area contributed by atoms with Gasteiger partial charge < -0.3 is 5.11 Å². The number of alkyl halides is 6. The first-order chi connectivity index (χ1) is 12.3. The van der Waals surface area contributed by atoms with E-state index >= 15 is 0 Å². The Balaban J connectivity index is 0.000000271. The summed E-state index contributed by atoms with van der Waals surface area (Å²) in [6.45, 7) is 1.39. The molecule has 0 radical (unpaired) electrons. The molecule has 0 aliphatic rings. The molecule has 2 aromatic rings. The van der Waals surface area contributed by atoms with Crippen LogP contribution in [0.2, 0.25) is 10.0 Å². The second kappa shape index (κ2) is 8.95. The second-order valence-corrected chi connectivity index (χ2v) is 6.08. The van der Waals surface area contributed by atoms with Crippen molar-refractivity contribution >= 4 is 29.5 Å². The van der Waals surface area contributed by atoms with Crippen LogP contribution < -0.4 is 0 Å². The van der Waals surface area contributed by atoms with Gasteiger partial charge in [-0.1, -0.05) is 35.3 Å². The maximum Gasteiger partial charge on any atom is 0.417 e. The van der Waals surface area contributed by atoms with Gasteiger partial charge in [0, 0.05) is 5.56 Å². The van der Waals surface area contributed by atoms with Gasteiger partial charge >= 0.3 is 12.4 Å². The Bertz CT molecular complexity index is 801. The van der Waals surface area contributed by atoms with Gasteiger partial charge in [0.1, 0.15) is 6.29 Å². The van der Waals surface area contributed by atoms with Gasteiger partial charge in [0.2, 0.25) is 0 Å². The maximum atomic E-state index is 12.3. The summed E-state index contributed by atoms with van der Waals surface area (Å²) in [6.07, 6.45) is -9.60. The van der Waals surface area contributed by atoms with Crippen LogP contribution >= 0.6 is 23.2 Å². The van der Waals surface area contributed by atoms with Crippen molar-refractivity contribution in [2.24, 2.45) is 0 Å². The molecule has 148 valence electrons. The third-order valence-corrected chi connectivity index (χ3v) is 3.87. The molecule has 2 nitrogen and oxygen atoms in total. The van der Waals surface area contributed by atoms with Gasteiger partial charge in [-0.15, -0.1) is 0 Å². The van der Waals surface area contributed by atoms with Crippen molar-refractivity contribution in [3.8, 4) is 0 Å². The van der Waals surface area contributed by atoms with E-state index in [1.807, 2.05) is 0 Å². The van der Waals surface area contributed by atoms with Crippen LogP contribution in [0.25, 0.3) is 0 Å². The lowest BCUT2D eigenvalue weighted by Crippen LogP contribution is -2.07. The SMILES string of the molecule is CC(O)c1ccc(Cl)c(C(F)(F)F)c1.O=Cc1ccc(Cl)c(C(F)(F)F)c1. The molecule has 0 spiro atoms. The van der Waals surface area contributed by atoms with Crippen molar-refractivity contribution in [2.75, 3.05) is 0 Å². The van der Waals surface area contributed by atoms with Crippen LogP contribution in [0.4, 0.5) is 26.3 Å². The Morgan fingerprint density at radius 1 is 0.889 bits per heavy atom. The largest absolute Gasteiger partial charge is 0.417 e. The molecular weight excluding hydrogens is 421 g/mol. The highest BCUT2D eigenvalue weighted by molar-refractivity contribution is 6.31. The number of aldehydes is 1. The van der Waals surface area contributed by atoms with Crippen LogP contribution in [0.5, 0.6) is 0 Å². The molecule has 2 rings (SSSR count). The summed E-state index contributed by atoms with van der Waals surface area (Å²) < 4.78 is 73.5. The summed E-state index contributed by atoms with van der Waals surface area (Å²) in [5.74, 6) is 0.